The summed E-state index contributed by atoms with van der Waals surface area (Å²) in [7, 11) is 0. The molecule has 0 bridgehead atoms. The molecular weight excluding hydrogens is 354 g/mol. The van der Waals surface area contributed by atoms with Gasteiger partial charge in [0.05, 0.1) is 17.7 Å². The van der Waals surface area contributed by atoms with Gasteiger partial charge < -0.3 is 14.2 Å². The van der Waals surface area contributed by atoms with Crippen molar-refractivity contribution in [2.75, 3.05) is 19.7 Å². The van der Waals surface area contributed by atoms with Crippen LogP contribution >= 0.6 is 11.3 Å². The van der Waals surface area contributed by atoms with E-state index in [9.17, 15) is 4.79 Å². The highest BCUT2D eigenvalue weighted by Gasteiger charge is 2.27. The molecule has 0 saturated carbocycles. The van der Waals surface area contributed by atoms with Crippen molar-refractivity contribution in [2.24, 2.45) is 0 Å². The smallest absolute Gasteiger partial charge is 0.276 e. The van der Waals surface area contributed by atoms with Crippen LogP contribution in [0.15, 0.2) is 34.3 Å². The second-order valence-corrected chi connectivity index (χ2v) is 6.99. The number of hydrogen-bond acceptors (Lipinski definition) is 8. The molecule has 1 amide bonds. The van der Waals surface area contributed by atoms with Crippen molar-refractivity contribution >= 4 is 17.2 Å². The van der Waals surface area contributed by atoms with E-state index >= 15 is 0 Å². The van der Waals surface area contributed by atoms with Gasteiger partial charge in [-0.15, -0.1) is 11.3 Å². The van der Waals surface area contributed by atoms with E-state index in [1.54, 1.807) is 16.5 Å². The summed E-state index contributed by atoms with van der Waals surface area (Å²) in [4.78, 5) is 27.2. The topological polar surface area (TPSA) is 94.2 Å². The van der Waals surface area contributed by atoms with Gasteiger partial charge in [0, 0.05) is 31.1 Å². The van der Waals surface area contributed by atoms with Crippen LogP contribution in [0.5, 0.6) is 0 Å². The van der Waals surface area contributed by atoms with Crippen molar-refractivity contribution < 1.29 is 14.1 Å². The Kier molecular flexibility index (Phi) is 4.72. The summed E-state index contributed by atoms with van der Waals surface area (Å²) in [5.74, 6) is 0.849. The van der Waals surface area contributed by atoms with E-state index in [0.29, 0.717) is 49.2 Å². The van der Waals surface area contributed by atoms with E-state index in [2.05, 4.69) is 20.1 Å². The van der Waals surface area contributed by atoms with Crippen molar-refractivity contribution in [3.05, 3.63) is 46.3 Å². The van der Waals surface area contributed by atoms with Crippen LogP contribution in [0.4, 0.5) is 0 Å². The molecule has 0 spiro atoms. The highest BCUT2D eigenvalue weighted by molar-refractivity contribution is 7.09. The van der Waals surface area contributed by atoms with Gasteiger partial charge in [0.15, 0.2) is 5.82 Å². The molecule has 9 heteroatoms. The number of thiazole rings is 1. The summed E-state index contributed by atoms with van der Waals surface area (Å²) in [5.41, 5.74) is 1.12. The Morgan fingerprint density at radius 3 is 3.08 bits per heavy atom. The molecule has 134 valence electrons. The Balaban J connectivity index is 1.41. The molecular formula is C17H17N5O3S. The molecule has 1 aliphatic heterocycles. The number of carbonyl (C=O) groups is 1. The van der Waals surface area contributed by atoms with E-state index in [4.69, 9.17) is 9.26 Å². The van der Waals surface area contributed by atoms with Gasteiger partial charge in [0.25, 0.3) is 11.8 Å². The molecule has 4 rings (SSSR count). The summed E-state index contributed by atoms with van der Waals surface area (Å²) in [6.07, 6.45) is 1.96. The molecule has 1 aliphatic rings. The Morgan fingerprint density at radius 2 is 2.31 bits per heavy atom. The molecule has 3 aromatic rings. The van der Waals surface area contributed by atoms with Crippen molar-refractivity contribution in [3.8, 4) is 11.6 Å². The number of morpholine rings is 1. The van der Waals surface area contributed by atoms with Gasteiger partial charge in [-0.25, -0.2) is 4.98 Å². The minimum atomic E-state index is -0.179. The average molecular weight is 371 g/mol. The van der Waals surface area contributed by atoms with Gasteiger partial charge in [-0.3, -0.25) is 9.78 Å². The Hall–Kier alpha value is -2.65. The maximum atomic E-state index is 12.6. The zero-order valence-electron chi connectivity index (χ0n) is 14.2. The predicted molar refractivity (Wildman–Crippen MR) is 93.7 cm³/mol. The van der Waals surface area contributed by atoms with Gasteiger partial charge in [0.2, 0.25) is 0 Å². The zero-order chi connectivity index (χ0) is 17.9. The second kappa shape index (κ2) is 7.30. The van der Waals surface area contributed by atoms with E-state index < -0.39 is 0 Å². The number of nitrogens with zero attached hydrogens (tertiary/aromatic N) is 5. The second-order valence-electron chi connectivity index (χ2n) is 5.93. The number of carbonyl (C=O) groups excluding carboxylic acids is 1. The van der Waals surface area contributed by atoms with Crippen molar-refractivity contribution in [1.29, 1.82) is 0 Å². The summed E-state index contributed by atoms with van der Waals surface area (Å²) >= 11 is 1.47. The Labute approximate surface area is 153 Å². The first kappa shape index (κ1) is 16.8. The first-order valence-electron chi connectivity index (χ1n) is 8.26. The lowest BCUT2D eigenvalue weighted by atomic mass is 10.2. The highest BCUT2D eigenvalue weighted by atomic mass is 32.1. The lowest BCUT2D eigenvalue weighted by molar-refractivity contribution is -0.0219. The van der Waals surface area contributed by atoms with E-state index in [-0.39, 0.29) is 12.0 Å². The lowest BCUT2D eigenvalue weighted by Crippen LogP contribution is -2.46. The van der Waals surface area contributed by atoms with Crippen molar-refractivity contribution in [3.63, 3.8) is 0 Å². The fourth-order valence-corrected chi connectivity index (χ4v) is 3.37. The summed E-state index contributed by atoms with van der Waals surface area (Å²) in [6.45, 7) is 3.39. The van der Waals surface area contributed by atoms with Gasteiger partial charge >= 0.3 is 0 Å². The largest absolute Gasteiger partial charge is 0.374 e. The number of pyridine rings is 1. The van der Waals surface area contributed by atoms with Crippen molar-refractivity contribution in [1.82, 2.24) is 25.0 Å². The minimum absolute atomic E-state index is 0.0649. The number of amides is 1. The third-order valence-electron chi connectivity index (χ3n) is 4.03. The van der Waals surface area contributed by atoms with E-state index in [0.717, 1.165) is 5.01 Å². The average Bonchev–Trinajstić information content (AvgIpc) is 3.31. The van der Waals surface area contributed by atoms with Gasteiger partial charge in [-0.05, 0) is 19.1 Å². The Bertz CT molecular complexity index is 895. The fourth-order valence-electron chi connectivity index (χ4n) is 2.78. The summed E-state index contributed by atoms with van der Waals surface area (Å²) < 4.78 is 11.0. The van der Waals surface area contributed by atoms with E-state index in [1.165, 1.54) is 11.3 Å². The number of rotatable bonds is 4. The molecule has 26 heavy (non-hydrogen) atoms. The monoisotopic (exact) mass is 371 g/mol. The number of ether oxygens (including phenoxy) is 1. The van der Waals surface area contributed by atoms with Crippen LogP contribution in [0.25, 0.3) is 11.6 Å². The maximum absolute atomic E-state index is 12.6. The predicted octanol–water partition coefficient (Wildman–Crippen LogP) is 1.98. The van der Waals surface area contributed by atoms with Crippen LogP contribution in [0, 0.1) is 6.92 Å². The fraction of sp³-hybridized carbons (Fsp3) is 0.353. The van der Waals surface area contributed by atoms with Crippen LogP contribution < -0.4 is 0 Å². The first-order chi connectivity index (χ1) is 12.7. The summed E-state index contributed by atoms with van der Waals surface area (Å²) in [6, 6.07) is 5.50. The quantitative estimate of drug-likeness (QED) is 0.692. The molecule has 1 atom stereocenters. The molecule has 0 unspecified atom stereocenters. The number of aryl methyl sites for hydroxylation is 1. The number of aromatic nitrogens is 4. The lowest BCUT2D eigenvalue weighted by Gasteiger charge is -2.32. The third kappa shape index (κ3) is 3.63. The third-order valence-corrected chi connectivity index (χ3v) is 4.80. The molecule has 1 saturated heterocycles. The highest BCUT2D eigenvalue weighted by Crippen LogP contribution is 2.17. The Morgan fingerprint density at radius 1 is 1.38 bits per heavy atom. The van der Waals surface area contributed by atoms with Gasteiger partial charge in [-0.1, -0.05) is 11.2 Å². The molecule has 8 nitrogen and oxygen atoms in total. The van der Waals surface area contributed by atoms with Gasteiger partial charge in [0.1, 0.15) is 11.4 Å². The van der Waals surface area contributed by atoms with Crippen LogP contribution in [-0.2, 0) is 11.2 Å². The van der Waals surface area contributed by atoms with Crippen LogP contribution in [-0.4, -0.2) is 56.7 Å². The molecule has 0 aromatic carbocycles. The van der Waals surface area contributed by atoms with E-state index in [1.807, 2.05) is 25.1 Å². The van der Waals surface area contributed by atoms with Gasteiger partial charge in [-0.2, -0.15) is 4.98 Å². The first-order valence-corrected chi connectivity index (χ1v) is 9.14. The molecule has 3 aromatic heterocycles. The molecule has 0 N–H and O–H groups in total. The molecule has 0 radical (unpaired) electrons. The maximum Gasteiger partial charge on any atom is 0.276 e. The zero-order valence-corrected chi connectivity index (χ0v) is 15.0. The summed E-state index contributed by atoms with van der Waals surface area (Å²) in [5, 5.41) is 6.67. The van der Waals surface area contributed by atoms with Crippen LogP contribution in [0.3, 0.4) is 0 Å². The standard InChI is InChI=1S/C17H17N5O3S/c1-11-19-14(10-26-11)17(23)22-6-7-24-12(9-22)8-15-20-16(25-21-15)13-4-2-3-5-18-13/h2-5,10,12H,6-9H2,1H3/t12-/m1/s1. The van der Waals surface area contributed by atoms with Crippen molar-refractivity contribution in [2.45, 2.75) is 19.4 Å². The molecule has 4 heterocycles. The number of hydrogen-bond donors (Lipinski definition) is 0. The minimum Gasteiger partial charge on any atom is -0.374 e. The van der Waals surface area contributed by atoms with Crippen LogP contribution in [0.1, 0.15) is 21.3 Å². The normalized spacial score (nSPS) is 17.4. The SMILES string of the molecule is Cc1nc(C(=O)N2CCO[C@H](Cc3noc(-c4ccccn4)n3)C2)cs1. The molecule has 0 aliphatic carbocycles. The molecule has 1 fully saturated rings. The van der Waals surface area contributed by atoms with Crippen LogP contribution in [0.2, 0.25) is 0 Å².